The average Bonchev–Trinajstić information content (AvgIpc) is 3.21. The number of rotatable bonds is 8. The van der Waals surface area contributed by atoms with Crippen LogP contribution in [0.15, 0.2) is 40.1 Å². The van der Waals surface area contributed by atoms with Crippen molar-refractivity contribution in [2.45, 2.75) is 52.7 Å². The van der Waals surface area contributed by atoms with E-state index < -0.39 is 6.43 Å². The molecule has 33 heavy (non-hydrogen) atoms. The highest BCUT2D eigenvalue weighted by Crippen LogP contribution is 2.29. The van der Waals surface area contributed by atoms with Gasteiger partial charge in [-0.1, -0.05) is 54.9 Å². The maximum Gasteiger partial charge on any atom is 0.264 e. The molecule has 2 heterocycles. The maximum atomic E-state index is 13.3. The number of hydrazone groups is 1. The van der Waals surface area contributed by atoms with E-state index in [0.29, 0.717) is 36.9 Å². The minimum absolute atomic E-state index is 0.00322. The molecule has 1 aromatic carbocycles. The van der Waals surface area contributed by atoms with Crippen LogP contribution in [0, 0.1) is 0 Å². The van der Waals surface area contributed by atoms with Gasteiger partial charge in [-0.05, 0) is 34.5 Å². The van der Waals surface area contributed by atoms with E-state index in [1.54, 1.807) is 33.9 Å². The largest absolute Gasteiger partial charge is 0.360 e. The van der Waals surface area contributed by atoms with Gasteiger partial charge >= 0.3 is 0 Å². The normalized spacial score (nSPS) is 16.6. The van der Waals surface area contributed by atoms with Crippen LogP contribution >= 0.6 is 40.0 Å². The van der Waals surface area contributed by atoms with Gasteiger partial charge in [-0.3, -0.25) is 9.57 Å². The van der Waals surface area contributed by atoms with Crippen molar-refractivity contribution in [3.63, 3.8) is 0 Å². The molecule has 12 heteroatoms. The van der Waals surface area contributed by atoms with Crippen molar-refractivity contribution >= 4 is 52.5 Å². The third-order valence-corrected chi connectivity index (χ3v) is 7.74. The van der Waals surface area contributed by atoms with Crippen LogP contribution in [-0.4, -0.2) is 50.3 Å². The molecule has 180 valence electrons. The molecule has 7 nitrogen and oxygen atoms in total. The van der Waals surface area contributed by atoms with Crippen LogP contribution in [-0.2, 0) is 24.3 Å². The molecule has 3 rings (SSSR count). The van der Waals surface area contributed by atoms with Gasteiger partial charge < -0.3 is 4.90 Å². The number of hydrogen-bond acceptors (Lipinski definition) is 6. The number of fused-ring (bicyclic) bond motifs is 1. The van der Waals surface area contributed by atoms with Crippen molar-refractivity contribution in [3.05, 3.63) is 57.5 Å². The first-order valence-electron chi connectivity index (χ1n) is 10.4. The summed E-state index contributed by atoms with van der Waals surface area (Å²) < 4.78 is 30.1. The van der Waals surface area contributed by atoms with E-state index in [2.05, 4.69) is 37.5 Å². The van der Waals surface area contributed by atoms with E-state index in [4.69, 9.17) is 11.6 Å². The smallest absolute Gasteiger partial charge is 0.264 e. The van der Waals surface area contributed by atoms with Gasteiger partial charge in [0.2, 0.25) is 0 Å². The molecule has 0 saturated carbocycles. The third kappa shape index (κ3) is 6.93. The standard InChI is InChI=1S/C19H21ClF2IN6OP.C2H6/c1-12-7-17-16(10-28(12)18(15(20)11-30)8-24-27(2)31-23)25-26-29(17)9-13-5-3-4-6-14(13)19(21)22;1-2/h3-6,8,11-12,19,31H,7,9-10H2,1-2H3;1-2H3/b18-15-,24-8-;. The molecule has 0 radical (unpaired) electrons. The Morgan fingerprint density at radius 3 is 2.76 bits per heavy atom. The summed E-state index contributed by atoms with van der Waals surface area (Å²) in [6, 6.07) is 6.42. The molecular weight excluding hydrogens is 584 g/mol. The molecule has 0 bridgehead atoms. The minimum Gasteiger partial charge on any atom is -0.360 e. The second kappa shape index (κ2) is 13.3. The number of aromatic nitrogens is 3. The Labute approximate surface area is 212 Å². The van der Waals surface area contributed by atoms with E-state index >= 15 is 0 Å². The number of halogens is 4. The third-order valence-electron chi connectivity index (χ3n) is 5.00. The molecule has 1 aromatic heterocycles. The van der Waals surface area contributed by atoms with Crippen LogP contribution in [0.3, 0.4) is 0 Å². The number of carbonyl (C=O) groups is 1. The Morgan fingerprint density at radius 2 is 2.12 bits per heavy atom. The summed E-state index contributed by atoms with van der Waals surface area (Å²) in [4.78, 5) is 13.3. The fourth-order valence-corrected chi connectivity index (χ4v) is 4.05. The number of carbonyl (C=O) groups excluding carboxylic acids is 1. The molecule has 0 fully saturated rings. The van der Waals surface area contributed by atoms with Gasteiger partial charge in [0.25, 0.3) is 6.43 Å². The quantitative estimate of drug-likeness (QED) is 0.0980. The summed E-state index contributed by atoms with van der Waals surface area (Å²) >= 11 is 8.39. The Hall–Kier alpha value is -1.65. The molecule has 0 spiro atoms. The van der Waals surface area contributed by atoms with Crippen molar-refractivity contribution < 1.29 is 13.6 Å². The lowest BCUT2D eigenvalue weighted by molar-refractivity contribution is -0.104. The first kappa shape index (κ1) is 27.6. The fourth-order valence-electron chi connectivity index (χ4n) is 3.42. The van der Waals surface area contributed by atoms with Crippen LogP contribution in [0.5, 0.6) is 0 Å². The Bertz CT molecular complexity index is 1000. The molecule has 2 unspecified atom stereocenters. The highest BCUT2D eigenvalue weighted by atomic mass is 127. The summed E-state index contributed by atoms with van der Waals surface area (Å²) in [6.07, 6.45) is 0.629. The monoisotopic (exact) mass is 610 g/mol. The fraction of sp³-hybridized carbons (Fsp3) is 0.429. The lowest BCUT2D eigenvalue weighted by atomic mass is 10.0. The van der Waals surface area contributed by atoms with E-state index in [-0.39, 0.29) is 23.2 Å². The van der Waals surface area contributed by atoms with Crippen LogP contribution in [0.4, 0.5) is 8.78 Å². The van der Waals surface area contributed by atoms with E-state index in [1.807, 2.05) is 32.7 Å². The topological polar surface area (TPSA) is 66.6 Å². The molecule has 0 N–H and O–H groups in total. The van der Waals surface area contributed by atoms with Gasteiger partial charge in [0.1, 0.15) is 10.7 Å². The van der Waals surface area contributed by atoms with Crippen molar-refractivity contribution in [3.8, 4) is 0 Å². The summed E-state index contributed by atoms with van der Waals surface area (Å²) in [5.74, 6) is 0. The van der Waals surface area contributed by atoms with Crippen molar-refractivity contribution in [2.24, 2.45) is 5.10 Å². The predicted molar refractivity (Wildman–Crippen MR) is 138 cm³/mol. The van der Waals surface area contributed by atoms with Gasteiger partial charge in [0, 0.05) is 25.1 Å². The Kier molecular flexibility index (Phi) is 11.1. The Balaban J connectivity index is 0.00000187. The zero-order valence-corrected chi connectivity index (χ0v) is 22.8. The SMILES string of the molecule is CC.CC1Cc2c(nnn2Cc2ccccc2C(F)F)CN1C(/C=N\N(C)PI)=C(\Cl)C=O. The second-order valence-corrected chi connectivity index (χ2v) is 9.70. The summed E-state index contributed by atoms with van der Waals surface area (Å²) in [5.41, 5.74) is 2.63. The number of benzene rings is 1. The lowest BCUT2D eigenvalue weighted by Gasteiger charge is -2.35. The van der Waals surface area contributed by atoms with Gasteiger partial charge in [-0.15, -0.1) is 5.10 Å². The molecule has 0 saturated heterocycles. The zero-order valence-electron chi connectivity index (χ0n) is 18.8. The summed E-state index contributed by atoms with van der Waals surface area (Å²) in [5, 5.41) is 12.9. The van der Waals surface area contributed by atoms with Crippen molar-refractivity contribution in [1.29, 1.82) is 0 Å². The minimum atomic E-state index is -2.55. The molecule has 2 atom stereocenters. The molecule has 1 aliphatic heterocycles. The second-order valence-electron chi connectivity index (χ2n) is 7.02. The van der Waals surface area contributed by atoms with E-state index in [1.165, 1.54) is 6.07 Å². The summed E-state index contributed by atoms with van der Waals surface area (Å²) in [7, 11) is 1.83. The lowest BCUT2D eigenvalue weighted by Crippen LogP contribution is -2.39. The van der Waals surface area contributed by atoms with E-state index in [9.17, 15) is 13.6 Å². The number of alkyl halides is 2. The molecular formula is C21H27ClF2IN6OP. The first-order valence-corrected chi connectivity index (χ1v) is 14.8. The van der Waals surface area contributed by atoms with Gasteiger partial charge in [0.05, 0.1) is 37.1 Å². The first-order chi connectivity index (χ1) is 15.8. The van der Waals surface area contributed by atoms with Crippen LogP contribution in [0.2, 0.25) is 0 Å². The van der Waals surface area contributed by atoms with Gasteiger partial charge in [-0.25, -0.2) is 13.5 Å². The van der Waals surface area contributed by atoms with Gasteiger partial charge in [-0.2, -0.15) is 5.10 Å². The van der Waals surface area contributed by atoms with Gasteiger partial charge in [0.15, 0.2) is 6.29 Å². The number of allylic oxidation sites excluding steroid dienone is 2. The highest BCUT2D eigenvalue weighted by Gasteiger charge is 2.30. The van der Waals surface area contributed by atoms with Crippen LogP contribution in [0.25, 0.3) is 0 Å². The molecule has 0 amide bonds. The number of aldehydes is 1. The average molecular weight is 611 g/mol. The van der Waals surface area contributed by atoms with Crippen LogP contribution < -0.4 is 0 Å². The summed E-state index contributed by atoms with van der Waals surface area (Å²) in [6.45, 7) is 6.60. The molecule has 2 aromatic rings. The number of hydrogen-bond donors (Lipinski definition) is 0. The molecule has 1 aliphatic rings. The van der Waals surface area contributed by atoms with E-state index in [0.717, 1.165) is 11.4 Å². The highest BCUT2D eigenvalue weighted by molar-refractivity contribution is 14.2. The Morgan fingerprint density at radius 1 is 1.42 bits per heavy atom. The molecule has 0 aliphatic carbocycles. The van der Waals surface area contributed by atoms with Crippen molar-refractivity contribution in [1.82, 2.24) is 24.7 Å². The predicted octanol–water partition coefficient (Wildman–Crippen LogP) is 5.55. The maximum absolute atomic E-state index is 13.3. The van der Waals surface area contributed by atoms with Crippen molar-refractivity contribution in [2.75, 3.05) is 7.05 Å². The zero-order chi connectivity index (χ0) is 24.5. The van der Waals surface area contributed by atoms with Crippen LogP contribution in [0.1, 0.15) is 49.7 Å². The number of nitrogens with zero attached hydrogens (tertiary/aromatic N) is 6.